The Morgan fingerprint density at radius 2 is 2.06 bits per heavy atom. The van der Waals surface area contributed by atoms with Crippen molar-refractivity contribution >= 4 is 17.5 Å². The monoisotopic (exact) mass is 265 g/mol. The first-order chi connectivity index (χ1) is 8.83. The third-order valence-corrected chi connectivity index (χ3v) is 5.03. The second-order valence-corrected chi connectivity index (χ2v) is 6.50. The molecule has 2 aliphatic rings. The van der Waals surface area contributed by atoms with E-state index >= 15 is 0 Å². The Bertz CT molecular complexity index is 443. The van der Waals surface area contributed by atoms with Crippen molar-refractivity contribution in [2.24, 2.45) is 0 Å². The Morgan fingerprint density at radius 1 is 1.11 bits per heavy atom. The van der Waals surface area contributed by atoms with Crippen molar-refractivity contribution in [3.8, 4) is 0 Å². The lowest BCUT2D eigenvalue weighted by Crippen LogP contribution is -2.17. The van der Waals surface area contributed by atoms with E-state index in [1.165, 1.54) is 19.3 Å². The molecule has 0 aromatic carbocycles. The molecule has 5 heteroatoms. The molecular weight excluding hydrogens is 246 g/mol. The van der Waals surface area contributed by atoms with E-state index in [1.807, 2.05) is 0 Å². The minimum Gasteiger partial charge on any atom is -0.306 e. The number of Topliss-reactive ketones (excluding diaryl/α,β-unsaturated/α-hetero) is 1. The van der Waals surface area contributed by atoms with Gasteiger partial charge in [0.1, 0.15) is 11.6 Å². The van der Waals surface area contributed by atoms with Gasteiger partial charge in [0.05, 0.1) is 0 Å². The average Bonchev–Trinajstić information content (AvgIpc) is 2.60. The molecule has 98 valence electrons. The van der Waals surface area contributed by atoms with Gasteiger partial charge in [-0.15, -0.1) is 10.2 Å². The highest BCUT2D eigenvalue weighted by Crippen LogP contribution is 2.32. The van der Waals surface area contributed by atoms with Gasteiger partial charge in [-0.1, -0.05) is 18.2 Å². The zero-order chi connectivity index (χ0) is 12.4. The van der Waals surface area contributed by atoms with Crippen LogP contribution < -0.4 is 0 Å². The van der Waals surface area contributed by atoms with E-state index in [-0.39, 0.29) is 0 Å². The Balaban J connectivity index is 1.72. The van der Waals surface area contributed by atoms with Crippen molar-refractivity contribution < 1.29 is 4.79 Å². The van der Waals surface area contributed by atoms with E-state index < -0.39 is 0 Å². The number of fused-ring (bicyclic) bond motifs is 1. The van der Waals surface area contributed by atoms with Crippen molar-refractivity contribution in [1.82, 2.24) is 14.8 Å². The summed E-state index contributed by atoms with van der Waals surface area (Å²) in [5, 5.41) is 10.1. The fraction of sp³-hybridized carbons (Fsp3) is 0.769. The van der Waals surface area contributed by atoms with Gasteiger partial charge in [0.15, 0.2) is 5.16 Å². The van der Waals surface area contributed by atoms with Crippen LogP contribution in [0.1, 0.15) is 50.8 Å². The fourth-order valence-corrected chi connectivity index (χ4v) is 4.04. The molecule has 1 aromatic heterocycles. The van der Waals surface area contributed by atoms with Crippen LogP contribution in [0.25, 0.3) is 0 Å². The standard InChI is InChI=1S/C13H19N3OS/c17-10-5-4-6-11(9-10)18-13-15-14-12-7-2-1-3-8-16(12)13/h11H,1-9H2. The maximum atomic E-state index is 11.5. The Kier molecular flexibility index (Phi) is 3.68. The summed E-state index contributed by atoms with van der Waals surface area (Å²) < 4.78 is 2.27. The molecule has 1 aromatic rings. The van der Waals surface area contributed by atoms with E-state index in [4.69, 9.17) is 0 Å². The number of carbonyl (C=O) groups excluding carboxylic acids is 1. The quantitative estimate of drug-likeness (QED) is 0.824. The molecule has 3 rings (SSSR count). The van der Waals surface area contributed by atoms with Gasteiger partial charge in [-0.05, 0) is 25.7 Å². The van der Waals surface area contributed by atoms with Crippen LogP contribution in [0.5, 0.6) is 0 Å². The first kappa shape index (κ1) is 12.2. The Hall–Kier alpha value is -0.840. The predicted octanol–water partition coefficient (Wildman–Crippen LogP) is 2.61. The van der Waals surface area contributed by atoms with Crippen LogP contribution in [-0.4, -0.2) is 25.8 Å². The highest BCUT2D eigenvalue weighted by Gasteiger charge is 2.23. The Labute approximate surface area is 112 Å². The van der Waals surface area contributed by atoms with Gasteiger partial charge in [-0.25, -0.2) is 0 Å². The number of carbonyl (C=O) groups is 1. The first-order valence-corrected chi connectivity index (χ1v) is 7.81. The number of nitrogens with zero attached hydrogens (tertiary/aromatic N) is 3. The lowest BCUT2D eigenvalue weighted by Gasteiger charge is -2.19. The van der Waals surface area contributed by atoms with Crippen LogP contribution in [0.4, 0.5) is 0 Å². The summed E-state index contributed by atoms with van der Waals surface area (Å²) in [6.45, 7) is 1.05. The van der Waals surface area contributed by atoms with Crippen molar-refractivity contribution in [3.63, 3.8) is 0 Å². The van der Waals surface area contributed by atoms with Crippen LogP contribution in [0, 0.1) is 0 Å². The van der Waals surface area contributed by atoms with Gasteiger partial charge in [-0.2, -0.15) is 0 Å². The third-order valence-electron chi connectivity index (χ3n) is 3.78. The maximum Gasteiger partial charge on any atom is 0.191 e. The van der Waals surface area contributed by atoms with Crippen molar-refractivity contribution in [2.45, 2.75) is 68.3 Å². The highest BCUT2D eigenvalue weighted by atomic mass is 32.2. The molecule has 0 radical (unpaired) electrons. The van der Waals surface area contributed by atoms with Crippen molar-refractivity contribution in [2.75, 3.05) is 0 Å². The molecule has 1 atom stereocenters. The number of thioether (sulfide) groups is 1. The third kappa shape index (κ3) is 2.60. The molecule has 1 saturated carbocycles. The minimum absolute atomic E-state index is 0.411. The number of aromatic nitrogens is 3. The number of aryl methyl sites for hydroxylation is 1. The summed E-state index contributed by atoms with van der Waals surface area (Å²) in [5.41, 5.74) is 0. The molecule has 0 bridgehead atoms. The molecular formula is C13H19N3OS. The zero-order valence-electron chi connectivity index (χ0n) is 10.6. The molecule has 1 fully saturated rings. The zero-order valence-corrected chi connectivity index (χ0v) is 11.4. The predicted molar refractivity (Wildman–Crippen MR) is 70.7 cm³/mol. The second kappa shape index (κ2) is 5.43. The molecule has 0 saturated heterocycles. The summed E-state index contributed by atoms with van der Waals surface area (Å²) in [4.78, 5) is 11.5. The molecule has 1 unspecified atom stereocenters. The topological polar surface area (TPSA) is 47.8 Å². The van der Waals surface area contributed by atoms with E-state index in [9.17, 15) is 4.79 Å². The van der Waals surface area contributed by atoms with Gasteiger partial charge >= 0.3 is 0 Å². The summed E-state index contributed by atoms with van der Waals surface area (Å²) in [6.07, 6.45) is 8.46. The summed E-state index contributed by atoms with van der Waals surface area (Å²) in [5.74, 6) is 1.55. The lowest BCUT2D eigenvalue weighted by molar-refractivity contribution is -0.120. The molecule has 4 nitrogen and oxygen atoms in total. The van der Waals surface area contributed by atoms with E-state index in [1.54, 1.807) is 11.8 Å². The number of hydrogen-bond donors (Lipinski definition) is 0. The van der Waals surface area contributed by atoms with Crippen LogP contribution in [0.2, 0.25) is 0 Å². The average molecular weight is 265 g/mol. The van der Waals surface area contributed by atoms with Crippen molar-refractivity contribution in [3.05, 3.63) is 5.82 Å². The number of ketones is 1. The van der Waals surface area contributed by atoms with Gasteiger partial charge < -0.3 is 4.57 Å². The minimum atomic E-state index is 0.411. The maximum absolute atomic E-state index is 11.5. The number of hydrogen-bond acceptors (Lipinski definition) is 4. The highest BCUT2D eigenvalue weighted by molar-refractivity contribution is 7.99. The molecule has 1 aliphatic heterocycles. The van der Waals surface area contributed by atoms with Crippen LogP contribution in [0.15, 0.2) is 5.16 Å². The number of rotatable bonds is 2. The summed E-state index contributed by atoms with van der Waals surface area (Å²) in [6, 6.07) is 0. The van der Waals surface area contributed by atoms with Gasteiger partial charge in [0.2, 0.25) is 0 Å². The van der Waals surface area contributed by atoms with E-state index in [2.05, 4.69) is 14.8 Å². The second-order valence-electron chi connectivity index (χ2n) is 5.24. The van der Waals surface area contributed by atoms with Gasteiger partial charge in [0.25, 0.3) is 0 Å². The molecule has 1 aliphatic carbocycles. The van der Waals surface area contributed by atoms with E-state index in [0.717, 1.165) is 43.2 Å². The fourth-order valence-electron chi connectivity index (χ4n) is 2.78. The Morgan fingerprint density at radius 3 is 2.94 bits per heavy atom. The molecule has 2 heterocycles. The normalized spacial score (nSPS) is 24.7. The molecule has 0 amide bonds. The molecule has 0 spiro atoms. The molecule has 0 N–H and O–H groups in total. The van der Waals surface area contributed by atoms with Crippen LogP contribution in [-0.2, 0) is 17.8 Å². The SMILES string of the molecule is O=C1CCCC(Sc2nnc3n2CCCCC3)C1. The largest absolute Gasteiger partial charge is 0.306 e. The summed E-state index contributed by atoms with van der Waals surface area (Å²) >= 11 is 1.77. The van der Waals surface area contributed by atoms with Gasteiger partial charge in [-0.3, -0.25) is 4.79 Å². The first-order valence-electron chi connectivity index (χ1n) is 6.93. The summed E-state index contributed by atoms with van der Waals surface area (Å²) in [7, 11) is 0. The van der Waals surface area contributed by atoms with Crippen LogP contribution in [0.3, 0.4) is 0 Å². The smallest absolute Gasteiger partial charge is 0.191 e. The van der Waals surface area contributed by atoms with Crippen molar-refractivity contribution in [1.29, 1.82) is 0 Å². The molecule has 18 heavy (non-hydrogen) atoms. The lowest BCUT2D eigenvalue weighted by atomic mass is 9.99. The van der Waals surface area contributed by atoms with Crippen LogP contribution >= 0.6 is 11.8 Å². The van der Waals surface area contributed by atoms with E-state index in [0.29, 0.717) is 17.5 Å². The van der Waals surface area contributed by atoms with Gasteiger partial charge in [0, 0.05) is 31.1 Å².